The molecule has 0 aliphatic carbocycles. The molecule has 150 valence electrons. The highest BCUT2D eigenvalue weighted by Crippen LogP contribution is 2.23. The van der Waals surface area contributed by atoms with Crippen molar-refractivity contribution in [2.75, 3.05) is 5.43 Å². The van der Waals surface area contributed by atoms with Gasteiger partial charge in [0.05, 0.1) is 21.6 Å². The van der Waals surface area contributed by atoms with Gasteiger partial charge in [-0.15, -0.1) is 0 Å². The molecule has 3 rings (SSSR count). The van der Waals surface area contributed by atoms with Gasteiger partial charge in [0.15, 0.2) is 0 Å². The van der Waals surface area contributed by atoms with E-state index in [9.17, 15) is 25.0 Å². The number of hydrogen-bond donors (Lipinski definition) is 1. The van der Waals surface area contributed by atoms with Gasteiger partial charge < -0.3 is 4.74 Å². The zero-order valence-corrected chi connectivity index (χ0v) is 15.3. The predicted octanol–water partition coefficient (Wildman–Crippen LogP) is 4.17. The Hall–Kier alpha value is -4.60. The van der Waals surface area contributed by atoms with Gasteiger partial charge in [0.1, 0.15) is 11.4 Å². The van der Waals surface area contributed by atoms with E-state index in [0.29, 0.717) is 5.56 Å². The summed E-state index contributed by atoms with van der Waals surface area (Å²) in [6, 6.07) is 17.7. The zero-order chi connectivity index (χ0) is 21.5. The Balaban J connectivity index is 1.63. The van der Waals surface area contributed by atoms with Crippen molar-refractivity contribution in [2.45, 2.75) is 0 Å². The minimum Gasteiger partial charge on any atom is -0.423 e. The van der Waals surface area contributed by atoms with Gasteiger partial charge in [-0.25, -0.2) is 4.79 Å². The number of para-hydroxylation sites is 2. The van der Waals surface area contributed by atoms with Gasteiger partial charge in [0, 0.05) is 18.2 Å². The molecule has 30 heavy (non-hydrogen) atoms. The third-order valence-corrected chi connectivity index (χ3v) is 3.88. The second-order valence-corrected chi connectivity index (χ2v) is 5.91. The minimum atomic E-state index is -0.724. The normalized spacial score (nSPS) is 10.5. The summed E-state index contributed by atoms with van der Waals surface area (Å²) in [5.74, 6) is -0.478. The number of ether oxygens (including phenoxy) is 1. The van der Waals surface area contributed by atoms with Crippen LogP contribution >= 0.6 is 0 Å². The number of anilines is 1. The molecule has 0 spiro atoms. The quantitative estimate of drug-likeness (QED) is 0.204. The van der Waals surface area contributed by atoms with Crippen molar-refractivity contribution in [2.24, 2.45) is 5.10 Å². The lowest BCUT2D eigenvalue weighted by Crippen LogP contribution is -2.08. The van der Waals surface area contributed by atoms with Crippen molar-refractivity contribution in [3.8, 4) is 5.75 Å². The molecule has 0 atom stereocenters. The summed E-state index contributed by atoms with van der Waals surface area (Å²) in [4.78, 5) is 32.8. The van der Waals surface area contributed by atoms with E-state index in [0.717, 1.165) is 6.07 Å². The summed E-state index contributed by atoms with van der Waals surface area (Å²) in [6.07, 6.45) is 1.45. The molecule has 10 heteroatoms. The molecule has 0 saturated carbocycles. The largest absolute Gasteiger partial charge is 0.423 e. The summed E-state index contributed by atoms with van der Waals surface area (Å²) < 4.78 is 5.21. The molecule has 0 aromatic heterocycles. The molecule has 0 saturated heterocycles. The second kappa shape index (κ2) is 9.06. The van der Waals surface area contributed by atoms with Crippen LogP contribution in [-0.4, -0.2) is 22.0 Å². The molecule has 0 aliphatic rings. The van der Waals surface area contributed by atoms with E-state index in [1.807, 2.05) is 0 Å². The van der Waals surface area contributed by atoms with E-state index in [1.165, 1.54) is 48.7 Å². The number of carbonyl (C=O) groups is 1. The first-order chi connectivity index (χ1) is 14.4. The highest BCUT2D eigenvalue weighted by molar-refractivity contribution is 5.91. The lowest BCUT2D eigenvalue weighted by atomic mass is 10.2. The van der Waals surface area contributed by atoms with Gasteiger partial charge in [-0.3, -0.25) is 25.7 Å². The van der Waals surface area contributed by atoms with Crippen LogP contribution in [-0.2, 0) is 0 Å². The number of esters is 1. The van der Waals surface area contributed by atoms with Crippen LogP contribution in [0.25, 0.3) is 0 Å². The number of benzene rings is 3. The van der Waals surface area contributed by atoms with Crippen LogP contribution in [0.2, 0.25) is 0 Å². The topological polar surface area (TPSA) is 137 Å². The first-order valence-electron chi connectivity index (χ1n) is 8.53. The predicted molar refractivity (Wildman–Crippen MR) is 109 cm³/mol. The molecule has 0 amide bonds. The molecule has 0 aliphatic heterocycles. The van der Waals surface area contributed by atoms with Crippen molar-refractivity contribution in [3.63, 3.8) is 0 Å². The number of rotatable bonds is 7. The third-order valence-electron chi connectivity index (χ3n) is 3.88. The van der Waals surface area contributed by atoms with Crippen LogP contribution in [0.15, 0.2) is 77.9 Å². The fourth-order valence-corrected chi connectivity index (χ4v) is 2.44. The van der Waals surface area contributed by atoms with Crippen LogP contribution < -0.4 is 10.2 Å². The van der Waals surface area contributed by atoms with Gasteiger partial charge in [-0.1, -0.05) is 18.2 Å². The fraction of sp³-hybridized carbons (Fsp3) is 0. The summed E-state index contributed by atoms with van der Waals surface area (Å²) in [5, 5.41) is 25.7. The Labute approximate surface area is 169 Å². The van der Waals surface area contributed by atoms with Gasteiger partial charge in [0.25, 0.3) is 11.4 Å². The molecule has 10 nitrogen and oxygen atoms in total. The van der Waals surface area contributed by atoms with Gasteiger partial charge in [-0.05, 0) is 42.0 Å². The van der Waals surface area contributed by atoms with E-state index in [1.54, 1.807) is 24.3 Å². The highest BCUT2D eigenvalue weighted by Gasteiger charge is 2.13. The molecule has 0 bridgehead atoms. The maximum absolute atomic E-state index is 12.2. The fourth-order valence-electron chi connectivity index (χ4n) is 2.44. The van der Waals surface area contributed by atoms with Gasteiger partial charge >= 0.3 is 5.97 Å². The van der Waals surface area contributed by atoms with E-state index >= 15 is 0 Å². The average molecular weight is 406 g/mol. The minimum absolute atomic E-state index is 0.0588. The molecule has 0 radical (unpaired) electrons. The first-order valence-corrected chi connectivity index (χ1v) is 8.53. The van der Waals surface area contributed by atoms with Crippen molar-refractivity contribution in [3.05, 3.63) is 104 Å². The summed E-state index contributed by atoms with van der Waals surface area (Å²) >= 11 is 0. The number of non-ortho nitro benzene ring substituents is 1. The summed E-state index contributed by atoms with van der Waals surface area (Å²) in [6.45, 7) is 0. The van der Waals surface area contributed by atoms with E-state index in [2.05, 4.69) is 10.5 Å². The standard InChI is InChI=1S/C20H14N4O6/c25-20(15-4-3-5-16(12-15)23(26)27)30-17-10-8-14(9-11-17)13-21-22-18-6-1-2-7-19(18)24(28)29/h1-13,22H/b21-13-. The van der Waals surface area contributed by atoms with Crippen molar-refractivity contribution in [1.82, 2.24) is 0 Å². The Morgan fingerprint density at radius 2 is 1.67 bits per heavy atom. The van der Waals surface area contributed by atoms with Crippen LogP contribution in [0.3, 0.4) is 0 Å². The van der Waals surface area contributed by atoms with E-state index in [-0.39, 0.29) is 28.4 Å². The van der Waals surface area contributed by atoms with E-state index in [4.69, 9.17) is 4.74 Å². The lowest BCUT2D eigenvalue weighted by Gasteiger charge is -2.05. The number of hydrogen-bond acceptors (Lipinski definition) is 8. The Morgan fingerprint density at radius 1 is 0.933 bits per heavy atom. The second-order valence-electron chi connectivity index (χ2n) is 5.91. The molecule has 0 heterocycles. The van der Waals surface area contributed by atoms with Crippen LogP contribution in [0.4, 0.5) is 17.1 Å². The highest BCUT2D eigenvalue weighted by atomic mass is 16.6. The monoisotopic (exact) mass is 406 g/mol. The smallest absolute Gasteiger partial charge is 0.343 e. The van der Waals surface area contributed by atoms with Gasteiger partial charge in [0.2, 0.25) is 0 Å². The van der Waals surface area contributed by atoms with E-state index < -0.39 is 15.8 Å². The maximum Gasteiger partial charge on any atom is 0.343 e. The maximum atomic E-state index is 12.2. The molecule has 1 N–H and O–H groups in total. The number of nitrogens with zero attached hydrogens (tertiary/aromatic N) is 3. The lowest BCUT2D eigenvalue weighted by molar-refractivity contribution is -0.384. The van der Waals surface area contributed by atoms with Crippen LogP contribution in [0.5, 0.6) is 5.75 Å². The van der Waals surface area contributed by atoms with Gasteiger partial charge in [-0.2, -0.15) is 5.10 Å². The number of nitro groups is 2. The third kappa shape index (κ3) is 5.01. The molecule has 3 aromatic rings. The van der Waals surface area contributed by atoms with Crippen LogP contribution in [0.1, 0.15) is 15.9 Å². The van der Waals surface area contributed by atoms with Crippen molar-refractivity contribution >= 4 is 29.2 Å². The van der Waals surface area contributed by atoms with Crippen molar-refractivity contribution < 1.29 is 19.4 Å². The summed E-state index contributed by atoms with van der Waals surface area (Å²) in [5.41, 5.74) is 3.27. The number of hydrazone groups is 1. The number of nitrogens with one attached hydrogen (secondary N) is 1. The van der Waals surface area contributed by atoms with Crippen LogP contribution in [0, 0.1) is 20.2 Å². The zero-order valence-electron chi connectivity index (χ0n) is 15.3. The Morgan fingerprint density at radius 3 is 2.37 bits per heavy atom. The molecule has 0 unspecified atom stereocenters. The number of carbonyl (C=O) groups excluding carboxylic acids is 1. The summed E-state index contributed by atoms with van der Waals surface area (Å²) in [7, 11) is 0. The average Bonchev–Trinajstić information content (AvgIpc) is 2.75. The molecular weight excluding hydrogens is 392 g/mol. The Kier molecular flexibility index (Phi) is 6.08. The SMILES string of the molecule is O=C(Oc1ccc(/C=N\Nc2ccccc2[N+](=O)[O-])cc1)c1cccc([N+](=O)[O-])c1. The number of nitro benzene ring substituents is 2. The molecule has 3 aromatic carbocycles. The van der Waals surface area contributed by atoms with Crippen molar-refractivity contribution in [1.29, 1.82) is 0 Å². The first kappa shape index (κ1) is 20.1. The Bertz CT molecular complexity index is 1130. The molecule has 0 fully saturated rings. The molecular formula is C20H14N4O6.